The van der Waals surface area contributed by atoms with E-state index in [0.29, 0.717) is 6.92 Å². The van der Waals surface area contributed by atoms with E-state index in [1.165, 1.54) is 0 Å². The van der Waals surface area contributed by atoms with E-state index in [1.807, 2.05) is 0 Å². The quantitative estimate of drug-likeness (QED) is 0.377. The Labute approximate surface area is 155 Å². The zero-order chi connectivity index (χ0) is 20.3. The summed E-state index contributed by atoms with van der Waals surface area (Å²) in [4.78, 5) is 11.0. The third-order valence-corrected chi connectivity index (χ3v) is 3.89. The molecule has 0 aromatic heterocycles. The molecule has 142 valence electrons. The van der Waals surface area contributed by atoms with Crippen molar-refractivity contribution >= 4 is 21.7 Å². The van der Waals surface area contributed by atoms with E-state index >= 15 is 0 Å². The summed E-state index contributed by atoms with van der Waals surface area (Å²) in [5.41, 5.74) is -0.909. The Morgan fingerprint density at radius 2 is 1.27 bits per heavy atom. The molecule has 0 heterocycles. The topological polar surface area (TPSA) is 17.1 Å². The van der Waals surface area contributed by atoms with Crippen LogP contribution >= 0.6 is 15.9 Å². The van der Waals surface area contributed by atoms with E-state index in [1.54, 1.807) is 0 Å². The number of carbonyl (C=O) groups excluding carboxylic acids is 1. The Morgan fingerprint density at radius 1 is 0.846 bits per heavy atom. The third-order valence-electron chi connectivity index (χ3n) is 3.24. The summed E-state index contributed by atoms with van der Waals surface area (Å²) >= 11 is 2.86. The normalized spacial score (nSPS) is 11.6. The van der Waals surface area contributed by atoms with Crippen molar-refractivity contribution in [2.24, 2.45) is 0 Å². The van der Waals surface area contributed by atoms with Gasteiger partial charge in [0.25, 0.3) is 11.8 Å². The summed E-state index contributed by atoms with van der Waals surface area (Å²) in [7, 11) is 0. The largest absolute Gasteiger partial charge is 0.294 e. The Hall–Kier alpha value is -1.83. The molecule has 0 spiro atoms. The second-order valence-corrected chi connectivity index (χ2v) is 6.50. The van der Waals surface area contributed by atoms with Gasteiger partial charge in [-0.15, -0.1) is 0 Å². The van der Waals surface area contributed by atoms with Gasteiger partial charge in [0, 0.05) is 35.0 Å². The highest BCUT2D eigenvalue weighted by atomic mass is 79.9. The van der Waals surface area contributed by atoms with Crippen molar-refractivity contribution in [3.63, 3.8) is 0 Å². The molecule has 26 heavy (non-hydrogen) atoms. The van der Waals surface area contributed by atoms with Gasteiger partial charge >= 0.3 is 0 Å². The van der Waals surface area contributed by atoms with E-state index < -0.39 is 34.8 Å². The minimum atomic E-state index is -3.13. The van der Waals surface area contributed by atoms with Crippen molar-refractivity contribution < 1.29 is 31.1 Å². The van der Waals surface area contributed by atoms with E-state index in [9.17, 15) is 31.1 Å². The highest BCUT2D eigenvalue weighted by Crippen LogP contribution is 2.33. The second-order valence-electron chi connectivity index (χ2n) is 5.65. The fourth-order valence-corrected chi connectivity index (χ4v) is 2.74. The van der Waals surface area contributed by atoms with Gasteiger partial charge in [-0.25, -0.2) is 26.3 Å². The lowest BCUT2D eigenvalue weighted by atomic mass is 10.00. The predicted octanol–water partition coefficient (Wildman–Crippen LogP) is 6.84. The molecule has 2 aromatic rings. The number of carbonyl (C=O) groups is 1. The van der Waals surface area contributed by atoms with Crippen LogP contribution in [0.25, 0.3) is 0 Å². The van der Waals surface area contributed by atoms with Gasteiger partial charge in [-0.05, 0) is 43.3 Å². The molecule has 0 radical (unpaired) electrons. The molecule has 0 saturated heterocycles. The average molecular weight is 441 g/mol. The average Bonchev–Trinajstić information content (AvgIpc) is 2.44. The van der Waals surface area contributed by atoms with Crippen LogP contribution in [-0.2, 0) is 11.8 Å². The number of ketones is 1. The monoisotopic (exact) mass is 440 g/mol. The molecule has 0 amide bonds. The van der Waals surface area contributed by atoms with E-state index in [4.69, 9.17) is 0 Å². The Kier molecular flexibility index (Phi) is 7.04. The number of hydrogen-bond acceptors (Lipinski definition) is 1. The SMILES string of the molecule is CC(=O)c1cc(F)ccc1C(C)(F)F.CC(F)(F)c1ccc(F)cc1Br. The first-order valence-corrected chi connectivity index (χ1v) is 8.05. The fourth-order valence-electron chi connectivity index (χ4n) is 2.04. The number of rotatable bonds is 3. The number of Topliss-reactive ketones (excluding diaryl/α,β-unsaturated/α-hetero) is 1. The molecule has 1 nitrogen and oxygen atoms in total. The first-order chi connectivity index (χ1) is 11.7. The minimum absolute atomic E-state index is 0.0926. The van der Waals surface area contributed by atoms with Gasteiger partial charge in [-0.3, -0.25) is 4.79 Å². The van der Waals surface area contributed by atoms with Crippen LogP contribution in [0.5, 0.6) is 0 Å². The van der Waals surface area contributed by atoms with Crippen LogP contribution in [0, 0.1) is 11.6 Å². The van der Waals surface area contributed by atoms with Gasteiger partial charge in [0.1, 0.15) is 11.6 Å². The molecule has 0 fully saturated rings. The molecule has 0 N–H and O–H groups in total. The lowest BCUT2D eigenvalue weighted by Crippen LogP contribution is -2.13. The number of alkyl halides is 4. The Balaban J connectivity index is 0.000000263. The first-order valence-electron chi connectivity index (χ1n) is 7.25. The van der Waals surface area contributed by atoms with Crippen LogP contribution in [0.2, 0.25) is 0 Å². The molecule has 0 saturated carbocycles. The maximum absolute atomic E-state index is 12.9. The van der Waals surface area contributed by atoms with Crippen molar-refractivity contribution in [2.45, 2.75) is 32.6 Å². The van der Waals surface area contributed by atoms with Gasteiger partial charge in [-0.2, -0.15) is 0 Å². The molecule has 0 aliphatic carbocycles. The van der Waals surface area contributed by atoms with Crippen molar-refractivity contribution in [3.8, 4) is 0 Å². The summed E-state index contributed by atoms with van der Waals surface area (Å²) in [6, 6.07) is 5.78. The van der Waals surface area contributed by atoms with Crippen molar-refractivity contribution in [2.75, 3.05) is 0 Å². The van der Waals surface area contributed by atoms with Crippen LogP contribution in [0.4, 0.5) is 26.3 Å². The van der Waals surface area contributed by atoms with Crippen molar-refractivity contribution in [1.29, 1.82) is 0 Å². The number of halogens is 7. The van der Waals surface area contributed by atoms with E-state index in [0.717, 1.165) is 50.2 Å². The van der Waals surface area contributed by atoms with Gasteiger partial charge < -0.3 is 0 Å². The molecule has 2 rings (SSSR count). The lowest BCUT2D eigenvalue weighted by molar-refractivity contribution is 0.0159. The summed E-state index contributed by atoms with van der Waals surface area (Å²) < 4.78 is 76.5. The van der Waals surface area contributed by atoms with Gasteiger partial charge in [-0.1, -0.05) is 15.9 Å². The maximum atomic E-state index is 12.9. The van der Waals surface area contributed by atoms with Gasteiger partial charge in [0.2, 0.25) is 0 Å². The summed E-state index contributed by atoms with van der Waals surface area (Å²) in [6.45, 7) is 2.57. The van der Waals surface area contributed by atoms with E-state index in [2.05, 4.69) is 15.9 Å². The second kappa shape index (κ2) is 8.24. The minimum Gasteiger partial charge on any atom is -0.294 e. The predicted molar refractivity (Wildman–Crippen MR) is 89.6 cm³/mol. The highest BCUT2D eigenvalue weighted by molar-refractivity contribution is 9.10. The van der Waals surface area contributed by atoms with Crippen LogP contribution in [-0.4, -0.2) is 5.78 Å². The molecule has 0 unspecified atom stereocenters. The van der Waals surface area contributed by atoms with Crippen LogP contribution < -0.4 is 0 Å². The third kappa shape index (κ3) is 6.16. The standard InChI is InChI=1S/C10H9F3O.C8H6BrF3/c1-6(14)8-5-7(11)3-4-9(8)10(2,12)13;1-8(11,12)6-3-2-5(10)4-7(6)9/h3-5H,1-2H3;2-4H,1H3. The van der Waals surface area contributed by atoms with Crippen molar-refractivity contribution in [1.82, 2.24) is 0 Å². The molecular formula is C18H15BrF6O. The molecule has 0 atom stereocenters. The molecule has 2 aromatic carbocycles. The smallest absolute Gasteiger partial charge is 0.271 e. The summed E-state index contributed by atoms with van der Waals surface area (Å²) in [5.74, 6) is -7.86. The van der Waals surface area contributed by atoms with Crippen LogP contribution in [0.3, 0.4) is 0 Å². The maximum Gasteiger partial charge on any atom is 0.271 e. The zero-order valence-electron chi connectivity index (χ0n) is 14.0. The number of hydrogen-bond donors (Lipinski definition) is 0. The van der Waals surface area contributed by atoms with Crippen LogP contribution in [0.15, 0.2) is 40.9 Å². The van der Waals surface area contributed by atoms with Crippen LogP contribution in [0.1, 0.15) is 42.3 Å². The molecule has 0 aliphatic rings. The molecular weight excluding hydrogens is 426 g/mol. The van der Waals surface area contributed by atoms with Gasteiger partial charge in [0.15, 0.2) is 5.78 Å². The highest BCUT2D eigenvalue weighted by Gasteiger charge is 2.29. The molecule has 0 aliphatic heterocycles. The molecule has 0 bridgehead atoms. The fraction of sp³-hybridized carbons (Fsp3) is 0.278. The summed E-state index contributed by atoms with van der Waals surface area (Å²) in [6.07, 6.45) is 0. The number of benzene rings is 2. The van der Waals surface area contributed by atoms with Gasteiger partial charge in [0.05, 0.1) is 0 Å². The summed E-state index contributed by atoms with van der Waals surface area (Å²) in [5, 5.41) is 0. The Bertz CT molecular complexity index is 793. The van der Waals surface area contributed by atoms with Crippen molar-refractivity contribution in [3.05, 3.63) is 69.2 Å². The van der Waals surface area contributed by atoms with E-state index in [-0.39, 0.29) is 15.6 Å². The molecule has 8 heteroatoms. The Morgan fingerprint density at radius 3 is 1.65 bits per heavy atom. The lowest BCUT2D eigenvalue weighted by Gasteiger charge is -2.13. The zero-order valence-corrected chi connectivity index (χ0v) is 15.6. The first kappa shape index (κ1) is 22.2.